The normalized spacial score (nSPS) is 23.3. The molecule has 1 aromatic rings. The molecule has 1 unspecified atom stereocenters. The molecule has 0 aromatic carbocycles. The maximum atomic E-state index is 4.23. The summed E-state index contributed by atoms with van der Waals surface area (Å²) in [6, 6.07) is 0. The van der Waals surface area contributed by atoms with Crippen LogP contribution in [0.1, 0.15) is 18.7 Å². The van der Waals surface area contributed by atoms with Crippen LogP contribution in [0.5, 0.6) is 0 Å². The van der Waals surface area contributed by atoms with E-state index in [4.69, 9.17) is 0 Å². The summed E-state index contributed by atoms with van der Waals surface area (Å²) in [5.41, 5.74) is 0. The fourth-order valence-electron chi connectivity index (χ4n) is 1.86. The van der Waals surface area contributed by atoms with Crippen molar-refractivity contribution in [1.29, 1.82) is 0 Å². The predicted octanol–water partition coefficient (Wildman–Crippen LogP) is 0.357. The lowest BCUT2D eigenvalue weighted by Gasteiger charge is -2.21. The minimum absolute atomic E-state index is 0.747. The van der Waals surface area contributed by atoms with E-state index in [-0.39, 0.29) is 0 Å². The van der Waals surface area contributed by atoms with Gasteiger partial charge in [0.05, 0.1) is 0 Å². The third-order valence-corrected chi connectivity index (χ3v) is 2.68. The molecule has 0 bridgehead atoms. The quantitative estimate of drug-likeness (QED) is 0.714. The van der Waals surface area contributed by atoms with E-state index >= 15 is 0 Å². The molecule has 4 nitrogen and oxygen atoms in total. The molecule has 0 spiro atoms. The van der Waals surface area contributed by atoms with Gasteiger partial charge in [0.15, 0.2) is 0 Å². The van der Waals surface area contributed by atoms with Crippen molar-refractivity contribution in [2.45, 2.75) is 19.3 Å². The van der Waals surface area contributed by atoms with E-state index in [1.54, 1.807) is 6.33 Å². The maximum absolute atomic E-state index is 4.23. The Kier molecular flexibility index (Phi) is 2.59. The zero-order valence-corrected chi connectivity index (χ0v) is 8.03. The van der Waals surface area contributed by atoms with Crippen molar-refractivity contribution in [3.8, 4) is 0 Å². The van der Waals surface area contributed by atoms with Crippen LogP contribution in [0.25, 0.3) is 0 Å². The van der Waals surface area contributed by atoms with Gasteiger partial charge in [-0.3, -0.25) is 4.68 Å². The van der Waals surface area contributed by atoms with Crippen LogP contribution in [-0.4, -0.2) is 27.9 Å². The van der Waals surface area contributed by atoms with Crippen molar-refractivity contribution in [2.75, 3.05) is 13.1 Å². The number of aryl methyl sites for hydroxylation is 1. The van der Waals surface area contributed by atoms with Gasteiger partial charge in [0.2, 0.25) is 0 Å². The van der Waals surface area contributed by atoms with Crippen LogP contribution < -0.4 is 5.32 Å². The van der Waals surface area contributed by atoms with Crippen LogP contribution >= 0.6 is 0 Å². The number of aromatic nitrogens is 3. The fourth-order valence-corrected chi connectivity index (χ4v) is 1.86. The standard InChI is InChI=1S/C9H16N4/c1-13-9(11-7-12-13)5-8-3-2-4-10-6-8/h7-8,10H,2-6H2,1H3. The largest absolute Gasteiger partial charge is 0.316 e. The molecular formula is C9H16N4. The highest BCUT2D eigenvalue weighted by Crippen LogP contribution is 2.14. The van der Waals surface area contributed by atoms with Gasteiger partial charge in [-0.05, 0) is 31.8 Å². The van der Waals surface area contributed by atoms with Gasteiger partial charge in [0.1, 0.15) is 12.2 Å². The molecule has 1 fully saturated rings. The Balaban J connectivity index is 1.93. The highest BCUT2D eigenvalue weighted by molar-refractivity contribution is 4.87. The molecule has 1 aliphatic heterocycles. The van der Waals surface area contributed by atoms with Gasteiger partial charge in [0.25, 0.3) is 0 Å². The average Bonchev–Trinajstić information content (AvgIpc) is 2.54. The van der Waals surface area contributed by atoms with Gasteiger partial charge in [-0.25, -0.2) is 4.98 Å². The third kappa shape index (κ3) is 2.06. The number of rotatable bonds is 2. The molecule has 2 heterocycles. The van der Waals surface area contributed by atoms with E-state index in [2.05, 4.69) is 15.4 Å². The van der Waals surface area contributed by atoms with E-state index in [9.17, 15) is 0 Å². The molecule has 2 rings (SSSR count). The zero-order valence-electron chi connectivity index (χ0n) is 8.03. The van der Waals surface area contributed by atoms with E-state index in [0.717, 1.165) is 24.7 Å². The van der Waals surface area contributed by atoms with E-state index < -0.39 is 0 Å². The molecule has 72 valence electrons. The van der Waals surface area contributed by atoms with Gasteiger partial charge in [-0.1, -0.05) is 0 Å². The van der Waals surface area contributed by atoms with Crippen LogP contribution in [-0.2, 0) is 13.5 Å². The predicted molar refractivity (Wildman–Crippen MR) is 50.3 cm³/mol. The van der Waals surface area contributed by atoms with Crippen molar-refractivity contribution in [1.82, 2.24) is 20.1 Å². The summed E-state index contributed by atoms with van der Waals surface area (Å²) in [7, 11) is 1.96. The van der Waals surface area contributed by atoms with Crippen molar-refractivity contribution < 1.29 is 0 Å². The second-order valence-electron chi connectivity index (χ2n) is 3.72. The molecule has 0 amide bonds. The first kappa shape index (κ1) is 8.69. The van der Waals surface area contributed by atoms with Crippen LogP contribution in [0.3, 0.4) is 0 Å². The molecule has 1 N–H and O–H groups in total. The second kappa shape index (κ2) is 3.87. The zero-order chi connectivity index (χ0) is 9.10. The molecular weight excluding hydrogens is 164 g/mol. The highest BCUT2D eigenvalue weighted by Gasteiger charge is 2.15. The number of piperidine rings is 1. The Morgan fingerprint density at radius 2 is 2.62 bits per heavy atom. The second-order valence-corrected chi connectivity index (χ2v) is 3.72. The van der Waals surface area contributed by atoms with Gasteiger partial charge in [0, 0.05) is 13.5 Å². The van der Waals surface area contributed by atoms with Crippen LogP contribution in [0.2, 0.25) is 0 Å². The van der Waals surface area contributed by atoms with Gasteiger partial charge in [-0.15, -0.1) is 0 Å². The lowest BCUT2D eigenvalue weighted by atomic mass is 9.96. The Morgan fingerprint density at radius 1 is 1.69 bits per heavy atom. The first-order valence-electron chi connectivity index (χ1n) is 4.90. The van der Waals surface area contributed by atoms with E-state index in [1.807, 2.05) is 11.7 Å². The fraction of sp³-hybridized carbons (Fsp3) is 0.778. The maximum Gasteiger partial charge on any atom is 0.138 e. The molecule has 1 aromatic heterocycles. The summed E-state index contributed by atoms with van der Waals surface area (Å²) in [5, 5.41) is 7.48. The summed E-state index contributed by atoms with van der Waals surface area (Å²) in [4.78, 5) is 4.23. The number of nitrogens with one attached hydrogen (secondary N) is 1. The molecule has 4 heteroatoms. The molecule has 13 heavy (non-hydrogen) atoms. The summed E-state index contributed by atoms with van der Waals surface area (Å²) in [5.74, 6) is 1.85. The molecule has 1 aliphatic rings. The molecule has 0 aliphatic carbocycles. The van der Waals surface area contributed by atoms with E-state index in [1.165, 1.54) is 19.4 Å². The molecule has 0 saturated carbocycles. The Hall–Kier alpha value is -0.900. The smallest absolute Gasteiger partial charge is 0.138 e. The molecule has 0 radical (unpaired) electrons. The van der Waals surface area contributed by atoms with Crippen LogP contribution in [0.4, 0.5) is 0 Å². The van der Waals surface area contributed by atoms with Gasteiger partial charge >= 0.3 is 0 Å². The summed E-state index contributed by atoms with van der Waals surface area (Å²) >= 11 is 0. The summed E-state index contributed by atoms with van der Waals surface area (Å²) in [6.07, 6.45) is 5.30. The summed E-state index contributed by atoms with van der Waals surface area (Å²) in [6.45, 7) is 2.31. The first-order valence-corrected chi connectivity index (χ1v) is 4.90. The SMILES string of the molecule is Cn1ncnc1CC1CCCNC1. The monoisotopic (exact) mass is 180 g/mol. The summed E-state index contributed by atoms with van der Waals surface area (Å²) < 4.78 is 1.87. The Bertz CT molecular complexity index is 262. The van der Waals surface area contributed by atoms with Crippen molar-refractivity contribution in [3.63, 3.8) is 0 Å². The topological polar surface area (TPSA) is 42.7 Å². The molecule has 1 saturated heterocycles. The Labute approximate surface area is 78.4 Å². The highest BCUT2D eigenvalue weighted by atomic mass is 15.3. The van der Waals surface area contributed by atoms with Gasteiger partial charge in [-0.2, -0.15) is 5.10 Å². The van der Waals surface area contributed by atoms with Gasteiger partial charge < -0.3 is 5.32 Å². The van der Waals surface area contributed by atoms with E-state index in [0.29, 0.717) is 0 Å². The lowest BCUT2D eigenvalue weighted by Crippen LogP contribution is -2.31. The number of hydrogen-bond donors (Lipinski definition) is 1. The number of nitrogens with zero attached hydrogens (tertiary/aromatic N) is 3. The molecule has 1 atom stereocenters. The van der Waals surface area contributed by atoms with Crippen molar-refractivity contribution in [2.24, 2.45) is 13.0 Å². The average molecular weight is 180 g/mol. The minimum atomic E-state index is 0.747. The van der Waals surface area contributed by atoms with Crippen LogP contribution in [0.15, 0.2) is 6.33 Å². The number of hydrogen-bond acceptors (Lipinski definition) is 3. The van der Waals surface area contributed by atoms with Crippen molar-refractivity contribution >= 4 is 0 Å². The third-order valence-electron chi connectivity index (χ3n) is 2.68. The lowest BCUT2D eigenvalue weighted by molar-refractivity contribution is 0.366. The van der Waals surface area contributed by atoms with Crippen molar-refractivity contribution in [3.05, 3.63) is 12.2 Å². The minimum Gasteiger partial charge on any atom is -0.316 e. The first-order chi connectivity index (χ1) is 6.36. The van der Waals surface area contributed by atoms with Crippen LogP contribution in [0, 0.1) is 5.92 Å². The Morgan fingerprint density at radius 3 is 3.23 bits per heavy atom.